The lowest BCUT2D eigenvalue weighted by Crippen LogP contribution is -2.56. The summed E-state index contributed by atoms with van der Waals surface area (Å²) in [5.74, 6) is -3.71. The van der Waals surface area contributed by atoms with Gasteiger partial charge >= 0.3 is 17.9 Å². The van der Waals surface area contributed by atoms with Crippen molar-refractivity contribution >= 4 is 23.6 Å². The van der Waals surface area contributed by atoms with Crippen LogP contribution in [0.3, 0.4) is 0 Å². The summed E-state index contributed by atoms with van der Waals surface area (Å²) in [5.41, 5.74) is 2.32. The molecule has 1 aliphatic rings. The Balaban J connectivity index is 1.57. The highest BCUT2D eigenvalue weighted by atomic mass is 19.1. The normalized spacial score (nSPS) is 19.5. The lowest BCUT2D eigenvalue weighted by molar-refractivity contribution is -0.158. The Kier molecular flexibility index (Phi) is 8.12. The number of carbonyl (C=O) groups excluding carboxylic acids is 3. The Hall–Kier alpha value is -5.29. The smallest absolute Gasteiger partial charge is 0.338 e. The second kappa shape index (κ2) is 12.1. The fourth-order valence-electron chi connectivity index (χ4n) is 4.54. The highest BCUT2D eigenvalue weighted by Gasteiger charge is 2.58. The average molecular weight is 573 g/mol. The molecule has 1 aliphatic heterocycles. The van der Waals surface area contributed by atoms with Gasteiger partial charge in [0.15, 0.2) is 12.2 Å². The number of hydrogen-bond acceptors (Lipinski definition) is 9. The van der Waals surface area contributed by atoms with Crippen LogP contribution in [0.2, 0.25) is 0 Å². The molecule has 0 amide bonds. The van der Waals surface area contributed by atoms with Gasteiger partial charge in [-0.05, 0) is 42.5 Å². The summed E-state index contributed by atoms with van der Waals surface area (Å²) in [4.78, 5) is 52.4. The van der Waals surface area contributed by atoms with Crippen LogP contribution in [0.1, 0.15) is 31.1 Å². The third-order valence-corrected chi connectivity index (χ3v) is 6.68. The Bertz CT molecular complexity index is 1650. The average Bonchev–Trinajstić information content (AvgIpc) is 3.36. The van der Waals surface area contributed by atoms with E-state index in [1.165, 1.54) is 36.4 Å². The fraction of sp³-hybridized carbons (Fsp3) is 0.161. The van der Waals surface area contributed by atoms with Crippen molar-refractivity contribution in [2.75, 3.05) is 18.9 Å². The van der Waals surface area contributed by atoms with Gasteiger partial charge < -0.3 is 24.7 Å². The lowest BCUT2D eigenvalue weighted by Gasteiger charge is -2.35. The van der Waals surface area contributed by atoms with Crippen LogP contribution in [0.4, 0.5) is 10.1 Å². The van der Waals surface area contributed by atoms with Crippen LogP contribution in [-0.2, 0) is 24.7 Å². The van der Waals surface area contributed by atoms with Crippen molar-refractivity contribution in [2.45, 2.75) is 17.9 Å². The molecule has 0 aliphatic carbocycles. The molecule has 0 spiro atoms. The van der Waals surface area contributed by atoms with Crippen LogP contribution in [0, 0.1) is 5.82 Å². The van der Waals surface area contributed by atoms with E-state index >= 15 is 0 Å². The Morgan fingerprint density at radius 1 is 0.810 bits per heavy atom. The molecule has 2 heterocycles. The maximum Gasteiger partial charge on any atom is 0.338 e. The number of ether oxygens (including phenoxy) is 4. The monoisotopic (exact) mass is 572 g/mol. The zero-order valence-electron chi connectivity index (χ0n) is 22.1. The third-order valence-electron chi connectivity index (χ3n) is 6.68. The van der Waals surface area contributed by atoms with Gasteiger partial charge in [-0.15, -0.1) is 0 Å². The second-order valence-electron chi connectivity index (χ2n) is 9.36. The van der Waals surface area contributed by atoms with Crippen LogP contribution in [0.25, 0.3) is 0 Å². The summed E-state index contributed by atoms with van der Waals surface area (Å²) in [7, 11) is 0. The molecule has 4 aromatic rings. The number of halogens is 1. The highest BCUT2D eigenvalue weighted by molar-refractivity contribution is 5.91. The van der Waals surface area contributed by atoms with Gasteiger partial charge in [0.25, 0.3) is 5.56 Å². The molecule has 11 heteroatoms. The molecule has 1 saturated heterocycles. The first kappa shape index (κ1) is 28.2. The molecule has 3 aromatic carbocycles. The first-order chi connectivity index (χ1) is 20.3. The standard InChI is InChI=1S/C31H25FN2O8/c32-25-23(33)16-17-34(27(25)35)31(19-39-28(36)20-10-4-1-5-11-20)26(42-30(38)22-14-8-3-9-15-22)24(18-40-31)41-29(37)21-12-6-2-7-13-21/h1-17,24,26H,18-19,33H2/t24-,26-,31-/m0/s1. The highest BCUT2D eigenvalue weighted by Crippen LogP contribution is 2.37. The molecular weight excluding hydrogens is 547 g/mol. The molecular formula is C31H25FN2O8. The number of nitrogens with zero attached hydrogens (tertiary/aromatic N) is 1. The minimum absolute atomic E-state index is 0.142. The van der Waals surface area contributed by atoms with E-state index in [2.05, 4.69) is 0 Å². The van der Waals surface area contributed by atoms with Crippen molar-refractivity contribution in [3.63, 3.8) is 0 Å². The molecule has 1 aromatic heterocycles. The Morgan fingerprint density at radius 3 is 1.86 bits per heavy atom. The Labute approximate surface area is 239 Å². The fourth-order valence-corrected chi connectivity index (χ4v) is 4.54. The molecule has 0 unspecified atom stereocenters. The minimum atomic E-state index is -2.15. The van der Waals surface area contributed by atoms with E-state index in [9.17, 15) is 23.6 Å². The van der Waals surface area contributed by atoms with Gasteiger partial charge in [-0.2, -0.15) is 4.39 Å². The molecule has 0 saturated carbocycles. The lowest BCUT2D eigenvalue weighted by atomic mass is 10.0. The van der Waals surface area contributed by atoms with Crippen LogP contribution < -0.4 is 11.3 Å². The predicted octanol–water partition coefficient (Wildman–Crippen LogP) is 3.56. The number of nitrogen functional groups attached to an aromatic ring is 1. The summed E-state index contributed by atoms with van der Waals surface area (Å²) in [6, 6.07) is 25.1. The predicted molar refractivity (Wildman–Crippen MR) is 147 cm³/mol. The molecule has 3 atom stereocenters. The van der Waals surface area contributed by atoms with E-state index in [4.69, 9.17) is 24.7 Å². The van der Waals surface area contributed by atoms with E-state index in [1.807, 2.05) is 0 Å². The number of rotatable bonds is 8. The van der Waals surface area contributed by atoms with Gasteiger partial charge in [0.2, 0.25) is 11.5 Å². The first-order valence-electron chi connectivity index (χ1n) is 12.9. The maximum absolute atomic E-state index is 14.8. The summed E-state index contributed by atoms with van der Waals surface area (Å²) >= 11 is 0. The maximum atomic E-state index is 14.8. The van der Waals surface area contributed by atoms with E-state index in [1.54, 1.807) is 54.6 Å². The molecule has 5 rings (SSSR count). The zero-order valence-corrected chi connectivity index (χ0v) is 22.1. The van der Waals surface area contributed by atoms with Crippen molar-refractivity contribution in [1.82, 2.24) is 4.57 Å². The SMILES string of the molecule is Nc1ccn([C@@]2(COC(=O)c3ccccc3)OC[C@H](OC(=O)c3ccccc3)[C@@H]2OC(=O)c2ccccc2)c(=O)c1F. The molecule has 214 valence electrons. The van der Waals surface area contributed by atoms with Gasteiger partial charge in [0.1, 0.15) is 6.61 Å². The van der Waals surface area contributed by atoms with Crippen molar-refractivity contribution in [2.24, 2.45) is 0 Å². The van der Waals surface area contributed by atoms with Crippen LogP contribution in [0.5, 0.6) is 0 Å². The number of esters is 3. The van der Waals surface area contributed by atoms with Crippen molar-refractivity contribution in [3.05, 3.63) is 136 Å². The van der Waals surface area contributed by atoms with Crippen LogP contribution >= 0.6 is 0 Å². The van der Waals surface area contributed by atoms with Crippen molar-refractivity contribution < 1.29 is 37.7 Å². The number of pyridine rings is 1. The quantitative estimate of drug-likeness (QED) is 0.248. The molecule has 0 radical (unpaired) electrons. The summed E-state index contributed by atoms with van der Waals surface area (Å²) in [6.07, 6.45) is -1.75. The molecule has 10 nitrogen and oxygen atoms in total. The molecule has 2 N–H and O–H groups in total. The van der Waals surface area contributed by atoms with Crippen LogP contribution in [-0.4, -0.2) is 47.9 Å². The summed E-state index contributed by atoms with van der Waals surface area (Å²) < 4.78 is 38.7. The number of nitrogens with two attached hydrogens (primary N) is 1. The second-order valence-corrected chi connectivity index (χ2v) is 9.36. The summed E-state index contributed by atoms with van der Waals surface area (Å²) in [5, 5.41) is 0. The first-order valence-corrected chi connectivity index (χ1v) is 12.9. The number of aromatic nitrogens is 1. The van der Waals surface area contributed by atoms with Gasteiger partial charge in [-0.3, -0.25) is 9.36 Å². The number of carbonyl (C=O) groups is 3. The van der Waals surface area contributed by atoms with Gasteiger partial charge in [0, 0.05) is 6.20 Å². The van der Waals surface area contributed by atoms with E-state index in [-0.39, 0.29) is 16.7 Å². The number of benzene rings is 3. The number of anilines is 1. The van der Waals surface area contributed by atoms with Crippen molar-refractivity contribution in [1.29, 1.82) is 0 Å². The topological polar surface area (TPSA) is 136 Å². The largest absolute Gasteiger partial charge is 0.457 e. The third kappa shape index (κ3) is 5.63. The number of hydrogen-bond donors (Lipinski definition) is 1. The zero-order chi connectivity index (χ0) is 29.7. The van der Waals surface area contributed by atoms with E-state index < -0.39 is 66.1 Å². The minimum Gasteiger partial charge on any atom is -0.457 e. The molecule has 0 bridgehead atoms. The van der Waals surface area contributed by atoms with Gasteiger partial charge in [-0.25, -0.2) is 14.4 Å². The molecule has 42 heavy (non-hydrogen) atoms. The van der Waals surface area contributed by atoms with Gasteiger partial charge in [-0.1, -0.05) is 54.6 Å². The van der Waals surface area contributed by atoms with E-state index in [0.29, 0.717) is 0 Å². The summed E-state index contributed by atoms with van der Waals surface area (Å²) in [6.45, 7) is -1.12. The van der Waals surface area contributed by atoms with Crippen molar-refractivity contribution in [3.8, 4) is 0 Å². The van der Waals surface area contributed by atoms with Crippen LogP contribution in [0.15, 0.2) is 108 Å². The van der Waals surface area contributed by atoms with Gasteiger partial charge in [0.05, 0.1) is 29.0 Å². The molecule has 1 fully saturated rings. The van der Waals surface area contributed by atoms with E-state index in [0.717, 1.165) is 16.8 Å². The Morgan fingerprint density at radius 2 is 1.31 bits per heavy atom.